The molecule has 1 aromatic carbocycles. The van der Waals surface area contributed by atoms with Gasteiger partial charge in [0.2, 0.25) is 0 Å². The largest absolute Gasteiger partial charge is 0.496 e. The van der Waals surface area contributed by atoms with Gasteiger partial charge in [0, 0.05) is 24.1 Å². The lowest BCUT2D eigenvalue weighted by Gasteiger charge is -2.21. The first-order valence-corrected chi connectivity index (χ1v) is 6.85. The van der Waals surface area contributed by atoms with Gasteiger partial charge in [0.15, 0.2) is 0 Å². The van der Waals surface area contributed by atoms with Gasteiger partial charge in [-0.2, -0.15) is 0 Å². The normalized spacial score (nSPS) is 15.4. The Balaban J connectivity index is 0.00000180. The topological polar surface area (TPSA) is 41.6 Å². The number of rotatable bonds is 2. The summed E-state index contributed by atoms with van der Waals surface area (Å²) < 4.78 is 6.19. The van der Waals surface area contributed by atoms with E-state index in [4.69, 9.17) is 4.74 Å². The second kappa shape index (κ2) is 7.72. The Labute approximate surface area is 128 Å². The highest BCUT2D eigenvalue weighted by molar-refractivity contribution is 9.10. The summed E-state index contributed by atoms with van der Waals surface area (Å²) in [5.74, 6) is 0.662. The van der Waals surface area contributed by atoms with Crippen molar-refractivity contribution < 1.29 is 9.53 Å². The molecule has 1 aliphatic rings. The van der Waals surface area contributed by atoms with E-state index in [0.717, 1.165) is 37.1 Å². The van der Waals surface area contributed by atoms with Crippen LogP contribution in [0.3, 0.4) is 0 Å². The summed E-state index contributed by atoms with van der Waals surface area (Å²) in [6, 6.07) is 5.50. The number of amides is 1. The molecule has 1 aliphatic heterocycles. The number of hydrogen-bond acceptors (Lipinski definition) is 3. The van der Waals surface area contributed by atoms with Gasteiger partial charge in [-0.15, -0.1) is 12.4 Å². The van der Waals surface area contributed by atoms with Gasteiger partial charge < -0.3 is 15.0 Å². The second-order valence-electron chi connectivity index (χ2n) is 4.24. The molecule has 0 aliphatic carbocycles. The van der Waals surface area contributed by atoms with Gasteiger partial charge in [0.1, 0.15) is 5.75 Å². The van der Waals surface area contributed by atoms with Crippen LogP contribution in [0.5, 0.6) is 5.75 Å². The van der Waals surface area contributed by atoms with Crippen molar-refractivity contribution in [3.05, 3.63) is 28.2 Å². The molecule has 1 aromatic rings. The molecular weight excluding hydrogens is 332 g/mol. The lowest BCUT2D eigenvalue weighted by molar-refractivity contribution is 0.0763. The van der Waals surface area contributed by atoms with Crippen molar-refractivity contribution in [3.8, 4) is 5.75 Å². The Morgan fingerprint density at radius 3 is 2.89 bits per heavy atom. The van der Waals surface area contributed by atoms with Crippen LogP contribution in [0.1, 0.15) is 16.8 Å². The predicted octanol–water partition coefficient (Wildman–Crippen LogP) is 2.32. The molecule has 2 rings (SSSR count). The summed E-state index contributed by atoms with van der Waals surface area (Å²) in [5.41, 5.74) is 0.627. The van der Waals surface area contributed by atoms with E-state index >= 15 is 0 Å². The van der Waals surface area contributed by atoms with Crippen LogP contribution in [0.4, 0.5) is 0 Å². The van der Waals surface area contributed by atoms with Crippen LogP contribution in [-0.2, 0) is 0 Å². The van der Waals surface area contributed by atoms with E-state index in [0.29, 0.717) is 11.3 Å². The third-order valence-electron chi connectivity index (χ3n) is 3.02. The highest BCUT2D eigenvalue weighted by Crippen LogP contribution is 2.24. The van der Waals surface area contributed by atoms with Gasteiger partial charge in [-0.1, -0.05) is 15.9 Å². The Kier molecular flexibility index (Phi) is 6.62. The number of methoxy groups -OCH3 is 1. The van der Waals surface area contributed by atoms with Gasteiger partial charge in [0.05, 0.1) is 12.7 Å². The van der Waals surface area contributed by atoms with Crippen molar-refractivity contribution in [1.82, 2.24) is 10.2 Å². The molecule has 0 bridgehead atoms. The first-order chi connectivity index (χ1) is 8.72. The lowest BCUT2D eigenvalue weighted by atomic mass is 10.1. The Morgan fingerprint density at radius 1 is 1.37 bits per heavy atom. The predicted molar refractivity (Wildman–Crippen MR) is 81.3 cm³/mol. The molecule has 1 N–H and O–H groups in total. The van der Waals surface area contributed by atoms with Crippen molar-refractivity contribution in [2.24, 2.45) is 0 Å². The quantitative estimate of drug-likeness (QED) is 0.891. The number of hydrogen-bond donors (Lipinski definition) is 1. The molecule has 19 heavy (non-hydrogen) atoms. The summed E-state index contributed by atoms with van der Waals surface area (Å²) in [4.78, 5) is 14.3. The molecule has 0 saturated carbocycles. The molecule has 106 valence electrons. The molecule has 6 heteroatoms. The molecule has 0 aromatic heterocycles. The highest BCUT2D eigenvalue weighted by Gasteiger charge is 2.20. The van der Waals surface area contributed by atoms with Crippen LogP contribution >= 0.6 is 28.3 Å². The first kappa shape index (κ1) is 16.3. The maximum Gasteiger partial charge on any atom is 0.257 e. The molecule has 1 saturated heterocycles. The monoisotopic (exact) mass is 348 g/mol. The summed E-state index contributed by atoms with van der Waals surface area (Å²) in [7, 11) is 1.59. The standard InChI is InChI=1S/C13H17BrN2O2.ClH/c1-18-12-9-10(14)3-4-11(12)13(17)16-7-2-5-15-6-8-16;/h3-4,9,15H,2,5-8H2,1H3;1H. The van der Waals surface area contributed by atoms with Crippen LogP contribution in [0.15, 0.2) is 22.7 Å². The fourth-order valence-corrected chi connectivity index (χ4v) is 2.40. The fraction of sp³-hybridized carbons (Fsp3) is 0.462. The number of carbonyl (C=O) groups excluding carboxylic acids is 1. The zero-order valence-electron chi connectivity index (χ0n) is 10.8. The van der Waals surface area contributed by atoms with Crippen molar-refractivity contribution in [3.63, 3.8) is 0 Å². The van der Waals surface area contributed by atoms with E-state index in [-0.39, 0.29) is 18.3 Å². The van der Waals surface area contributed by atoms with Crippen molar-refractivity contribution in [1.29, 1.82) is 0 Å². The zero-order chi connectivity index (χ0) is 13.0. The first-order valence-electron chi connectivity index (χ1n) is 6.06. The smallest absolute Gasteiger partial charge is 0.257 e. The zero-order valence-corrected chi connectivity index (χ0v) is 13.2. The minimum absolute atomic E-state index is 0. The van der Waals surface area contributed by atoms with Gasteiger partial charge >= 0.3 is 0 Å². The molecule has 1 heterocycles. The molecule has 0 radical (unpaired) electrons. The van der Waals surface area contributed by atoms with E-state index in [9.17, 15) is 4.79 Å². The molecule has 0 atom stereocenters. The van der Waals surface area contributed by atoms with Crippen molar-refractivity contribution in [2.45, 2.75) is 6.42 Å². The minimum atomic E-state index is 0. The van der Waals surface area contributed by atoms with Gasteiger partial charge in [0.25, 0.3) is 5.91 Å². The van der Waals surface area contributed by atoms with Gasteiger partial charge in [-0.05, 0) is 31.2 Å². The maximum atomic E-state index is 12.4. The van der Waals surface area contributed by atoms with E-state index in [2.05, 4.69) is 21.2 Å². The Morgan fingerprint density at radius 2 is 2.16 bits per heavy atom. The number of carbonyl (C=O) groups is 1. The van der Waals surface area contributed by atoms with E-state index < -0.39 is 0 Å². The minimum Gasteiger partial charge on any atom is -0.496 e. The lowest BCUT2D eigenvalue weighted by Crippen LogP contribution is -2.34. The SMILES string of the molecule is COc1cc(Br)ccc1C(=O)N1CCCNCC1.Cl. The molecule has 1 amide bonds. The average Bonchev–Trinajstić information content (AvgIpc) is 2.66. The molecule has 0 unspecified atom stereocenters. The number of benzene rings is 1. The van der Waals surface area contributed by atoms with Crippen LogP contribution < -0.4 is 10.1 Å². The fourth-order valence-electron chi connectivity index (χ4n) is 2.06. The third-order valence-corrected chi connectivity index (χ3v) is 3.51. The Hall–Kier alpha value is -0.780. The molecule has 0 spiro atoms. The third kappa shape index (κ3) is 4.09. The maximum absolute atomic E-state index is 12.4. The highest BCUT2D eigenvalue weighted by atomic mass is 79.9. The Bertz CT molecular complexity index is 435. The average molecular weight is 350 g/mol. The molecule has 4 nitrogen and oxygen atoms in total. The van der Waals surface area contributed by atoms with E-state index in [1.165, 1.54) is 0 Å². The summed E-state index contributed by atoms with van der Waals surface area (Å²) in [6.07, 6.45) is 0.991. The van der Waals surface area contributed by atoms with Crippen LogP contribution in [-0.4, -0.2) is 44.1 Å². The van der Waals surface area contributed by atoms with Crippen LogP contribution in [0.25, 0.3) is 0 Å². The summed E-state index contributed by atoms with van der Waals surface area (Å²) in [5, 5.41) is 3.29. The molecular formula is C13H18BrClN2O2. The van der Waals surface area contributed by atoms with Gasteiger partial charge in [-0.3, -0.25) is 4.79 Å². The summed E-state index contributed by atoms with van der Waals surface area (Å²) >= 11 is 3.38. The van der Waals surface area contributed by atoms with Crippen molar-refractivity contribution >= 4 is 34.2 Å². The number of halogens is 2. The number of ether oxygens (including phenoxy) is 1. The molecule has 1 fully saturated rings. The number of nitrogens with one attached hydrogen (secondary N) is 1. The van der Waals surface area contributed by atoms with Gasteiger partial charge in [-0.25, -0.2) is 0 Å². The second-order valence-corrected chi connectivity index (χ2v) is 5.16. The van der Waals surface area contributed by atoms with E-state index in [1.54, 1.807) is 7.11 Å². The van der Waals surface area contributed by atoms with Crippen LogP contribution in [0.2, 0.25) is 0 Å². The number of nitrogens with zero attached hydrogens (tertiary/aromatic N) is 1. The summed E-state index contributed by atoms with van der Waals surface area (Å²) in [6.45, 7) is 3.37. The van der Waals surface area contributed by atoms with E-state index in [1.807, 2.05) is 23.1 Å². The van der Waals surface area contributed by atoms with Crippen molar-refractivity contribution in [2.75, 3.05) is 33.3 Å². The van der Waals surface area contributed by atoms with Crippen LogP contribution in [0, 0.1) is 0 Å².